The molecule has 0 radical (unpaired) electrons. The molecule has 30 heavy (non-hydrogen) atoms. The molecule has 9 heteroatoms. The molecule has 8 nitrogen and oxygen atoms in total. The Morgan fingerprint density at radius 3 is 2.67 bits per heavy atom. The van der Waals surface area contributed by atoms with Gasteiger partial charge in [0.25, 0.3) is 0 Å². The van der Waals surface area contributed by atoms with Gasteiger partial charge in [-0.25, -0.2) is 9.18 Å². The molecule has 2 heterocycles. The van der Waals surface area contributed by atoms with Crippen molar-refractivity contribution in [1.29, 1.82) is 0 Å². The summed E-state index contributed by atoms with van der Waals surface area (Å²) in [6.07, 6.45) is 3.91. The van der Waals surface area contributed by atoms with Crippen molar-refractivity contribution in [2.45, 2.75) is 38.3 Å². The molecule has 1 aliphatic carbocycles. The summed E-state index contributed by atoms with van der Waals surface area (Å²) in [5.41, 5.74) is 5.19. The molecule has 2 aliphatic rings. The van der Waals surface area contributed by atoms with Crippen LogP contribution in [-0.4, -0.2) is 48.9 Å². The van der Waals surface area contributed by atoms with Crippen molar-refractivity contribution in [1.82, 2.24) is 9.88 Å². The number of carboxylic acids is 1. The minimum atomic E-state index is -1.36. The lowest BCUT2D eigenvalue weighted by Gasteiger charge is -2.26. The van der Waals surface area contributed by atoms with Gasteiger partial charge in [-0.2, -0.15) is 0 Å². The molecule has 0 amide bonds. The van der Waals surface area contributed by atoms with E-state index in [0.717, 1.165) is 19.3 Å². The molecule has 1 saturated carbocycles. The van der Waals surface area contributed by atoms with Crippen molar-refractivity contribution in [2.75, 3.05) is 37.9 Å². The molecule has 0 bridgehead atoms. The van der Waals surface area contributed by atoms with E-state index < -0.39 is 22.8 Å². The third-order valence-corrected chi connectivity index (χ3v) is 6.46. The molecule has 1 aromatic heterocycles. The molecule has 1 aliphatic heterocycles. The summed E-state index contributed by atoms with van der Waals surface area (Å²) in [6, 6.07) is 0.304. The fourth-order valence-corrected chi connectivity index (χ4v) is 4.47. The van der Waals surface area contributed by atoms with E-state index in [1.54, 1.807) is 4.57 Å². The molecule has 1 aromatic carbocycles. The molecule has 4 N–H and O–H groups in total. The Balaban J connectivity index is 1.99. The summed E-state index contributed by atoms with van der Waals surface area (Å²) in [4.78, 5) is 26.4. The number of carbonyl (C=O) groups is 1. The Morgan fingerprint density at radius 1 is 1.40 bits per heavy atom. The molecular weight excluding hydrogens is 391 g/mol. The zero-order valence-corrected chi connectivity index (χ0v) is 17.4. The van der Waals surface area contributed by atoms with Gasteiger partial charge in [0.05, 0.1) is 23.7 Å². The molecule has 0 spiro atoms. The van der Waals surface area contributed by atoms with Crippen LogP contribution in [0.2, 0.25) is 0 Å². The number of nitrogens with two attached hydrogens (primary N) is 1. The minimum absolute atomic E-state index is 0.0356. The fourth-order valence-electron chi connectivity index (χ4n) is 4.47. The van der Waals surface area contributed by atoms with Crippen LogP contribution in [0.1, 0.15) is 42.6 Å². The number of aromatic nitrogens is 1. The van der Waals surface area contributed by atoms with Crippen LogP contribution in [0.15, 0.2) is 11.0 Å². The Kier molecular flexibility index (Phi) is 5.09. The molecule has 4 rings (SSSR count). The van der Waals surface area contributed by atoms with Gasteiger partial charge in [-0.3, -0.25) is 4.79 Å². The van der Waals surface area contributed by atoms with Gasteiger partial charge in [0.2, 0.25) is 5.43 Å². The highest BCUT2D eigenvalue weighted by Crippen LogP contribution is 2.47. The maximum Gasteiger partial charge on any atom is 0.341 e. The number of nitrogen functional groups attached to an aromatic ring is 1. The van der Waals surface area contributed by atoms with Crippen LogP contribution in [0.25, 0.3) is 10.9 Å². The van der Waals surface area contributed by atoms with Crippen molar-refractivity contribution >= 4 is 28.2 Å². The molecular formula is C21H27FN4O4. The molecule has 1 saturated heterocycles. The number of nitrogens with one attached hydrogen (secondary N) is 1. The van der Waals surface area contributed by atoms with E-state index in [9.17, 15) is 14.7 Å². The lowest BCUT2D eigenvalue weighted by atomic mass is 10.0. The Hall–Kier alpha value is -2.81. The van der Waals surface area contributed by atoms with E-state index in [0.29, 0.717) is 24.5 Å². The Bertz CT molecular complexity index is 1080. The summed E-state index contributed by atoms with van der Waals surface area (Å²) in [7, 11) is 3.33. The molecule has 162 valence electrons. The number of fused-ring (bicyclic) bond motifs is 1. The highest BCUT2D eigenvalue weighted by atomic mass is 19.1. The maximum atomic E-state index is 15.5. The summed E-state index contributed by atoms with van der Waals surface area (Å²) in [6.45, 7) is 3.35. The van der Waals surface area contributed by atoms with Gasteiger partial charge in [-0.05, 0) is 39.2 Å². The summed E-state index contributed by atoms with van der Waals surface area (Å²) < 4.78 is 22.9. The van der Waals surface area contributed by atoms with Gasteiger partial charge in [0.1, 0.15) is 11.3 Å². The average molecular weight is 418 g/mol. The topological polar surface area (TPSA) is 110 Å². The largest absolute Gasteiger partial charge is 0.492 e. The second kappa shape index (κ2) is 7.46. The van der Waals surface area contributed by atoms with Crippen molar-refractivity contribution in [3.8, 4) is 5.75 Å². The summed E-state index contributed by atoms with van der Waals surface area (Å²) in [5, 5.41) is 12.6. The van der Waals surface area contributed by atoms with E-state index in [4.69, 9.17) is 10.5 Å². The SMILES string of the molecule is CN[C@H](C)[C@@H]1CCN(c2c(F)c(N)c3c(=O)c(C(=O)O)cn(C4CC4)c3c2OC)C1. The smallest absolute Gasteiger partial charge is 0.341 e. The number of hydrogen-bond acceptors (Lipinski definition) is 6. The standard InChI is InChI=1S/C21H27FN4O4/c1-10(24-2)11-6-7-25(8-11)18-15(22)16(23)14-17(20(18)30-3)26(12-4-5-12)9-13(19(14)27)21(28)29/h9-12,24H,4-8,23H2,1-3H3,(H,28,29)/t10-,11-/m1/s1. The first-order valence-corrected chi connectivity index (χ1v) is 10.2. The van der Waals surface area contributed by atoms with Crippen LogP contribution in [-0.2, 0) is 0 Å². The monoisotopic (exact) mass is 418 g/mol. The Labute approximate surface area is 173 Å². The van der Waals surface area contributed by atoms with Gasteiger partial charge in [0.15, 0.2) is 11.6 Å². The van der Waals surface area contributed by atoms with E-state index in [1.807, 2.05) is 11.9 Å². The van der Waals surface area contributed by atoms with Crippen molar-refractivity contribution < 1.29 is 19.0 Å². The van der Waals surface area contributed by atoms with Crippen LogP contribution in [0.5, 0.6) is 5.75 Å². The normalized spacial score (nSPS) is 20.0. The van der Waals surface area contributed by atoms with Crippen molar-refractivity contribution in [3.63, 3.8) is 0 Å². The second-order valence-corrected chi connectivity index (χ2v) is 8.22. The van der Waals surface area contributed by atoms with Crippen LogP contribution < -0.4 is 26.1 Å². The number of halogens is 1. The number of anilines is 2. The van der Waals surface area contributed by atoms with Gasteiger partial charge in [0, 0.05) is 31.4 Å². The summed E-state index contributed by atoms with van der Waals surface area (Å²) >= 11 is 0. The fraction of sp³-hybridized carbons (Fsp3) is 0.524. The lowest BCUT2D eigenvalue weighted by molar-refractivity contribution is 0.0695. The van der Waals surface area contributed by atoms with Crippen LogP contribution in [0.3, 0.4) is 0 Å². The third kappa shape index (κ3) is 3.08. The third-order valence-electron chi connectivity index (χ3n) is 6.46. The van der Waals surface area contributed by atoms with Crippen LogP contribution >= 0.6 is 0 Å². The number of ether oxygens (including phenoxy) is 1. The second-order valence-electron chi connectivity index (χ2n) is 8.22. The molecule has 2 atom stereocenters. The van der Waals surface area contributed by atoms with Gasteiger partial charge >= 0.3 is 5.97 Å². The molecule has 0 unspecified atom stereocenters. The average Bonchev–Trinajstić information content (AvgIpc) is 3.45. The predicted molar refractivity (Wildman–Crippen MR) is 113 cm³/mol. The van der Waals surface area contributed by atoms with Crippen LogP contribution in [0, 0.1) is 11.7 Å². The zero-order valence-electron chi connectivity index (χ0n) is 17.4. The van der Waals surface area contributed by atoms with Gasteiger partial charge < -0.3 is 30.4 Å². The van der Waals surface area contributed by atoms with Crippen molar-refractivity contribution in [2.24, 2.45) is 5.92 Å². The maximum absolute atomic E-state index is 15.5. The summed E-state index contributed by atoms with van der Waals surface area (Å²) in [5.74, 6) is -1.53. The number of methoxy groups -OCH3 is 1. The molecule has 2 aromatic rings. The quantitative estimate of drug-likeness (QED) is 0.617. The highest BCUT2D eigenvalue weighted by Gasteiger charge is 2.35. The highest BCUT2D eigenvalue weighted by molar-refractivity contribution is 6.03. The minimum Gasteiger partial charge on any atom is -0.492 e. The number of rotatable bonds is 6. The van der Waals surface area contributed by atoms with Crippen LogP contribution in [0.4, 0.5) is 15.8 Å². The first-order chi connectivity index (χ1) is 14.3. The first kappa shape index (κ1) is 20.5. The van der Waals surface area contributed by atoms with E-state index >= 15 is 4.39 Å². The number of aromatic carboxylic acids is 1. The number of benzene rings is 1. The Morgan fingerprint density at radius 2 is 2.10 bits per heavy atom. The lowest BCUT2D eigenvalue weighted by Crippen LogP contribution is -2.33. The number of nitrogens with zero attached hydrogens (tertiary/aromatic N) is 2. The van der Waals surface area contributed by atoms with E-state index in [2.05, 4.69) is 12.2 Å². The van der Waals surface area contributed by atoms with E-state index in [1.165, 1.54) is 13.3 Å². The number of hydrogen-bond donors (Lipinski definition) is 3. The number of carboxylic acid groups (broad SMARTS) is 1. The zero-order chi connectivity index (χ0) is 21.7. The first-order valence-electron chi connectivity index (χ1n) is 10.2. The van der Waals surface area contributed by atoms with E-state index in [-0.39, 0.29) is 34.6 Å². The van der Waals surface area contributed by atoms with Gasteiger partial charge in [-0.1, -0.05) is 0 Å². The van der Waals surface area contributed by atoms with Gasteiger partial charge in [-0.15, -0.1) is 0 Å². The molecule has 2 fully saturated rings. The van der Waals surface area contributed by atoms with Crippen molar-refractivity contribution in [3.05, 3.63) is 27.8 Å². The number of pyridine rings is 1. The predicted octanol–water partition coefficient (Wildman–Crippen LogP) is 2.20.